The largest absolute Gasteiger partial charge is 0.396 e. The van der Waals surface area contributed by atoms with Crippen LogP contribution >= 0.6 is 0 Å². The summed E-state index contributed by atoms with van der Waals surface area (Å²) in [6.45, 7) is 0. The monoisotopic (exact) mass is 271 g/mol. The smallest absolute Gasteiger partial charge is 0.260 e. The Hall–Kier alpha value is -1.18. The number of ether oxygens (including phenoxy) is 1. The molecule has 1 heterocycles. The maximum absolute atomic E-state index is 12.2. The molecule has 2 rings (SSSR count). The minimum absolute atomic E-state index is 0.0790. The van der Waals surface area contributed by atoms with Crippen LogP contribution < -0.4 is 10.5 Å². The number of pyridine rings is 1. The molecule has 0 saturated heterocycles. The molecule has 0 bridgehead atoms. The van der Waals surface area contributed by atoms with Gasteiger partial charge in [-0.3, -0.25) is 0 Å². The quantitative estimate of drug-likeness (QED) is 0.832. The fourth-order valence-electron chi connectivity index (χ4n) is 2.23. The molecule has 0 aliphatic heterocycles. The number of nitrogens with zero attached hydrogens (tertiary/aromatic N) is 1. The predicted octanol–water partition coefficient (Wildman–Crippen LogP) is 0.510. The second-order valence-corrected chi connectivity index (χ2v) is 5.96. The van der Waals surface area contributed by atoms with Crippen molar-refractivity contribution in [2.45, 2.75) is 36.4 Å². The topological polar surface area (TPSA) is 94.3 Å². The maximum Gasteiger partial charge on any atom is 0.260 e. The lowest BCUT2D eigenvalue weighted by Crippen LogP contribution is -2.41. The van der Waals surface area contributed by atoms with Crippen molar-refractivity contribution < 1.29 is 13.2 Å². The number of nitrogens with one attached hydrogen (secondary N) is 1. The zero-order valence-corrected chi connectivity index (χ0v) is 11.0. The Kier molecular flexibility index (Phi) is 3.84. The number of hydrogen-bond donors (Lipinski definition) is 2. The van der Waals surface area contributed by atoms with E-state index in [1.165, 1.54) is 12.3 Å². The van der Waals surface area contributed by atoms with Crippen LogP contribution in [-0.4, -0.2) is 32.7 Å². The number of rotatable bonds is 4. The molecule has 7 heteroatoms. The minimum Gasteiger partial charge on any atom is -0.396 e. The highest BCUT2D eigenvalue weighted by Crippen LogP contribution is 2.24. The van der Waals surface area contributed by atoms with Gasteiger partial charge in [-0.25, -0.2) is 18.1 Å². The minimum atomic E-state index is -3.68. The van der Waals surface area contributed by atoms with Crippen LogP contribution in [0.15, 0.2) is 23.4 Å². The summed E-state index contributed by atoms with van der Waals surface area (Å²) < 4.78 is 32.2. The van der Waals surface area contributed by atoms with Crippen LogP contribution in [0.3, 0.4) is 0 Å². The molecular formula is C11H17N3O3S. The summed E-state index contributed by atoms with van der Waals surface area (Å²) in [7, 11) is -2.09. The molecule has 0 spiro atoms. The molecule has 100 valence electrons. The van der Waals surface area contributed by atoms with Crippen molar-refractivity contribution in [1.82, 2.24) is 9.71 Å². The van der Waals surface area contributed by atoms with Crippen LogP contribution in [0.1, 0.15) is 19.3 Å². The molecule has 2 atom stereocenters. The van der Waals surface area contributed by atoms with E-state index in [0.717, 1.165) is 19.3 Å². The fraction of sp³-hybridized carbons (Fsp3) is 0.545. The number of methoxy groups -OCH3 is 1. The number of anilines is 1. The first-order valence-corrected chi connectivity index (χ1v) is 7.28. The van der Waals surface area contributed by atoms with Gasteiger partial charge in [0.05, 0.1) is 11.8 Å². The van der Waals surface area contributed by atoms with E-state index in [1.807, 2.05) is 0 Å². The van der Waals surface area contributed by atoms with Crippen molar-refractivity contribution in [3.8, 4) is 0 Å². The second kappa shape index (κ2) is 5.21. The third-order valence-electron chi connectivity index (χ3n) is 3.12. The normalized spacial score (nSPS) is 24.3. The third kappa shape index (κ3) is 2.63. The fourth-order valence-corrected chi connectivity index (χ4v) is 3.58. The number of nitrogens with two attached hydrogens (primary N) is 1. The molecule has 1 aliphatic rings. The van der Waals surface area contributed by atoms with E-state index in [0.29, 0.717) is 0 Å². The van der Waals surface area contributed by atoms with E-state index in [4.69, 9.17) is 10.5 Å². The van der Waals surface area contributed by atoms with Crippen molar-refractivity contribution in [1.29, 1.82) is 0 Å². The molecule has 1 aromatic heterocycles. The highest BCUT2D eigenvalue weighted by Gasteiger charge is 2.32. The molecule has 2 unspecified atom stereocenters. The van der Waals surface area contributed by atoms with Crippen molar-refractivity contribution in [3.05, 3.63) is 18.3 Å². The highest BCUT2D eigenvalue weighted by molar-refractivity contribution is 7.89. The molecule has 18 heavy (non-hydrogen) atoms. The van der Waals surface area contributed by atoms with Crippen LogP contribution in [0.25, 0.3) is 0 Å². The Morgan fingerprint density at radius 3 is 2.94 bits per heavy atom. The molecule has 1 aliphatic carbocycles. The van der Waals surface area contributed by atoms with Crippen LogP contribution in [0.4, 0.5) is 5.69 Å². The molecule has 0 aromatic carbocycles. The number of nitrogen functional groups attached to an aromatic ring is 1. The Bertz CT molecular complexity index is 518. The number of aromatic nitrogens is 1. The predicted molar refractivity (Wildman–Crippen MR) is 67.4 cm³/mol. The van der Waals surface area contributed by atoms with Gasteiger partial charge in [-0.2, -0.15) is 0 Å². The summed E-state index contributed by atoms with van der Waals surface area (Å²) in [5, 5.41) is -0.119. The second-order valence-electron chi connectivity index (χ2n) is 4.33. The lowest BCUT2D eigenvalue weighted by atomic mass is 10.2. The van der Waals surface area contributed by atoms with Gasteiger partial charge in [0.25, 0.3) is 10.0 Å². The summed E-state index contributed by atoms with van der Waals surface area (Å²) in [6.07, 6.45) is 3.91. The van der Waals surface area contributed by atoms with E-state index < -0.39 is 10.0 Å². The van der Waals surface area contributed by atoms with Gasteiger partial charge >= 0.3 is 0 Å². The molecule has 0 amide bonds. The van der Waals surface area contributed by atoms with Gasteiger partial charge in [-0.1, -0.05) is 0 Å². The molecule has 3 N–H and O–H groups in total. The first-order valence-electron chi connectivity index (χ1n) is 5.80. The Morgan fingerprint density at radius 2 is 2.28 bits per heavy atom. The summed E-state index contributed by atoms with van der Waals surface area (Å²) in [4.78, 5) is 3.83. The van der Waals surface area contributed by atoms with E-state index >= 15 is 0 Å². The van der Waals surface area contributed by atoms with Crippen LogP contribution in [0, 0.1) is 0 Å². The van der Waals surface area contributed by atoms with Crippen molar-refractivity contribution in [2.24, 2.45) is 0 Å². The number of hydrogen-bond acceptors (Lipinski definition) is 5. The molecular weight excluding hydrogens is 254 g/mol. The third-order valence-corrected chi connectivity index (χ3v) is 4.58. The zero-order valence-electron chi connectivity index (χ0n) is 10.2. The molecule has 6 nitrogen and oxygen atoms in total. The summed E-state index contributed by atoms with van der Waals surface area (Å²) >= 11 is 0. The van der Waals surface area contributed by atoms with E-state index in [2.05, 4.69) is 9.71 Å². The first-order chi connectivity index (χ1) is 8.54. The van der Waals surface area contributed by atoms with Crippen LogP contribution in [-0.2, 0) is 14.8 Å². The Morgan fingerprint density at radius 1 is 1.50 bits per heavy atom. The summed E-state index contributed by atoms with van der Waals surface area (Å²) in [5.41, 5.74) is 5.79. The lowest BCUT2D eigenvalue weighted by molar-refractivity contribution is 0.0916. The van der Waals surface area contributed by atoms with Crippen molar-refractivity contribution >= 4 is 15.7 Å². The summed E-state index contributed by atoms with van der Waals surface area (Å²) in [5.74, 6) is 0. The SMILES string of the molecule is COC1CCCC1NS(=O)(=O)c1ncccc1N. The highest BCUT2D eigenvalue weighted by atomic mass is 32.2. The Labute approximate surface area is 107 Å². The molecule has 0 radical (unpaired) electrons. The molecule has 1 saturated carbocycles. The zero-order chi connectivity index (χ0) is 13.2. The average Bonchev–Trinajstić information content (AvgIpc) is 2.76. The van der Waals surface area contributed by atoms with Crippen LogP contribution in [0.5, 0.6) is 0 Å². The molecule has 1 fully saturated rings. The lowest BCUT2D eigenvalue weighted by Gasteiger charge is -2.19. The van der Waals surface area contributed by atoms with Gasteiger partial charge < -0.3 is 10.5 Å². The van der Waals surface area contributed by atoms with E-state index in [1.54, 1.807) is 13.2 Å². The average molecular weight is 271 g/mol. The van der Waals surface area contributed by atoms with Gasteiger partial charge in [0.15, 0.2) is 5.03 Å². The van der Waals surface area contributed by atoms with Gasteiger partial charge in [0.1, 0.15) is 0 Å². The van der Waals surface area contributed by atoms with Crippen molar-refractivity contribution in [3.63, 3.8) is 0 Å². The van der Waals surface area contributed by atoms with Gasteiger partial charge in [-0.15, -0.1) is 0 Å². The van der Waals surface area contributed by atoms with E-state index in [-0.39, 0.29) is 22.9 Å². The molecule has 1 aromatic rings. The van der Waals surface area contributed by atoms with Gasteiger partial charge in [0.2, 0.25) is 0 Å². The summed E-state index contributed by atoms with van der Waals surface area (Å²) in [6, 6.07) is 2.91. The Balaban J connectivity index is 2.20. The van der Waals surface area contributed by atoms with Crippen LogP contribution in [0.2, 0.25) is 0 Å². The number of sulfonamides is 1. The van der Waals surface area contributed by atoms with E-state index in [9.17, 15) is 8.42 Å². The standard InChI is InChI=1S/C11H17N3O3S/c1-17-10-6-2-5-9(10)14-18(15,16)11-8(12)4-3-7-13-11/h3-4,7,9-10,14H,2,5-6,12H2,1H3. The van der Waals surface area contributed by atoms with Gasteiger partial charge in [-0.05, 0) is 31.4 Å². The maximum atomic E-state index is 12.2. The van der Waals surface area contributed by atoms with Gasteiger partial charge in [0, 0.05) is 19.3 Å². The van der Waals surface area contributed by atoms with Crippen molar-refractivity contribution in [2.75, 3.05) is 12.8 Å². The first kappa shape index (κ1) is 13.3.